The Hall–Kier alpha value is -2.03. The Balaban J connectivity index is 2.63. The molecule has 1 unspecified atom stereocenters. The number of allylic oxidation sites excluding steroid dienone is 2. The van der Waals surface area contributed by atoms with E-state index >= 15 is 0 Å². The number of Topliss-reactive ketones (excluding diaryl/α,β-unsaturated/α-hetero) is 1. The number of carbonyl (C=O) groups is 1. The van der Waals surface area contributed by atoms with Crippen molar-refractivity contribution in [3.63, 3.8) is 0 Å². The molecule has 0 aliphatic rings. The van der Waals surface area contributed by atoms with Gasteiger partial charge in [-0.3, -0.25) is 4.79 Å². The fourth-order valence-electron chi connectivity index (χ4n) is 2.30. The van der Waals surface area contributed by atoms with Crippen LogP contribution in [0.4, 0.5) is 0 Å². The Bertz CT molecular complexity index is 573. The number of ketones is 1. The minimum Gasteiger partial charge on any atom is -0.400 e. The van der Waals surface area contributed by atoms with Crippen LogP contribution in [0.25, 0.3) is 0 Å². The second kappa shape index (κ2) is 8.42. The first-order chi connectivity index (χ1) is 10.4. The molecule has 0 aliphatic heterocycles. The Labute approximate surface area is 134 Å². The molecular formula is C19H28N2O. The molecule has 0 spiro atoms. The summed E-state index contributed by atoms with van der Waals surface area (Å²) >= 11 is 0. The van der Waals surface area contributed by atoms with Crippen molar-refractivity contribution in [3.05, 3.63) is 58.9 Å². The number of aryl methyl sites for hydroxylation is 1. The normalized spacial score (nSPS) is 13.3. The van der Waals surface area contributed by atoms with E-state index in [-0.39, 0.29) is 5.78 Å². The van der Waals surface area contributed by atoms with Gasteiger partial charge in [-0.05, 0) is 43.7 Å². The first kappa shape index (κ1) is 18.0. The first-order valence-electron chi connectivity index (χ1n) is 7.82. The summed E-state index contributed by atoms with van der Waals surface area (Å²) in [6.07, 6.45) is 1.99. The molecule has 0 amide bonds. The van der Waals surface area contributed by atoms with Crippen LogP contribution in [-0.4, -0.2) is 12.3 Å². The van der Waals surface area contributed by atoms with Crippen LogP contribution in [0.3, 0.4) is 0 Å². The highest BCUT2D eigenvalue weighted by molar-refractivity contribution is 5.93. The zero-order chi connectivity index (χ0) is 16.7. The van der Waals surface area contributed by atoms with Crippen molar-refractivity contribution in [2.45, 2.75) is 40.5 Å². The van der Waals surface area contributed by atoms with E-state index < -0.39 is 0 Å². The topological polar surface area (TPSA) is 55.1 Å². The van der Waals surface area contributed by atoms with E-state index in [1.807, 2.05) is 0 Å². The molecule has 3 N–H and O–H groups in total. The van der Waals surface area contributed by atoms with E-state index in [2.05, 4.69) is 50.0 Å². The quantitative estimate of drug-likeness (QED) is 0.724. The van der Waals surface area contributed by atoms with E-state index in [9.17, 15) is 4.79 Å². The molecule has 3 heteroatoms. The maximum absolute atomic E-state index is 11.3. The van der Waals surface area contributed by atoms with E-state index in [0.29, 0.717) is 23.7 Å². The number of hydrogen-bond donors (Lipinski definition) is 2. The average Bonchev–Trinajstić information content (AvgIpc) is 2.51. The fraction of sp³-hybridized carbons (Fsp3) is 0.421. The summed E-state index contributed by atoms with van der Waals surface area (Å²) < 4.78 is 0. The molecule has 0 aliphatic carbocycles. The highest BCUT2D eigenvalue weighted by Gasteiger charge is 2.11. The third kappa shape index (κ3) is 5.06. The van der Waals surface area contributed by atoms with Crippen molar-refractivity contribution < 1.29 is 4.79 Å². The predicted molar refractivity (Wildman–Crippen MR) is 93.4 cm³/mol. The van der Waals surface area contributed by atoms with Gasteiger partial charge in [0.15, 0.2) is 5.78 Å². The number of hydrogen-bond acceptors (Lipinski definition) is 3. The molecule has 0 saturated heterocycles. The van der Waals surface area contributed by atoms with Crippen LogP contribution < -0.4 is 11.1 Å². The zero-order valence-electron chi connectivity index (χ0n) is 14.2. The lowest BCUT2D eigenvalue weighted by atomic mass is 9.94. The molecular weight excluding hydrogens is 272 g/mol. The summed E-state index contributed by atoms with van der Waals surface area (Å²) in [5, 5.41) is 3.25. The molecule has 1 aromatic carbocycles. The monoisotopic (exact) mass is 300 g/mol. The van der Waals surface area contributed by atoms with Crippen LogP contribution in [0.15, 0.2) is 47.8 Å². The van der Waals surface area contributed by atoms with Crippen molar-refractivity contribution in [3.8, 4) is 0 Å². The van der Waals surface area contributed by atoms with Gasteiger partial charge in [-0.2, -0.15) is 0 Å². The van der Waals surface area contributed by atoms with E-state index in [0.717, 1.165) is 18.5 Å². The van der Waals surface area contributed by atoms with Gasteiger partial charge in [0.2, 0.25) is 0 Å². The van der Waals surface area contributed by atoms with Crippen molar-refractivity contribution in [1.82, 2.24) is 5.32 Å². The van der Waals surface area contributed by atoms with Crippen LogP contribution in [0.5, 0.6) is 0 Å². The predicted octanol–water partition coefficient (Wildman–Crippen LogP) is 3.35. The molecule has 0 bridgehead atoms. The van der Waals surface area contributed by atoms with Gasteiger partial charge >= 0.3 is 0 Å². The van der Waals surface area contributed by atoms with E-state index in [4.69, 9.17) is 5.73 Å². The number of nitrogens with two attached hydrogens (primary N) is 1. The van der Waals surface area contributed by atoms with Gasteiger partial charge in [-0.25, -0.2) is 0 Å². The molecule has 0 radical (unpaired) electrons. The molecule has 0 saturated carbocycles. The molecule has 1 rings (SSSR count). The second-order valence-corrected chi connectivity index (χ2v) is 5.81. The van der Waals surface area contributed by atoms with Crippen LogP contribution in [0, 0.1) is 5.92 Å². The molecule has 0 aromatic heterocycles. The Morgan fingerprint density at radius 3 is 2.41 bits per heavy atom. The number of benzene rings is 1. The molecule has 1 atom stereocenters. The van der Waals surface area contributed by atoms with Crippen molar-refractivity contribution in [1.29, 1.82) is 0 Å². The number of nitrogens with one attached hydrogen (secondary N) is 1. The zero-order valence-corrected chi connectivity index (χ0v) is 14.2. The third-order valence-corrected chi connectivity index (χ3v) is 4.14. The van der Waals surface area contributed by atoms with Crippen molar-refractivity contribution in [2.24, 2.45) is 11.7 Å². The highest BCUT2D eigenvalue weighted by Crippen LogP contribution is 2.18. The SMILES string of the molecule is C=C(NC/C(N)=C(\C)C(C)=O)C(C)Cc1ccccc1CC. The maximum atomic E-state index is 11.3. The van der Waals surface area contributed by atoms with Gasteiger partial charge in [0, 0.05) is 17.0 Å². The summed E-state index contributed by atoms with van der Waals surface area (Å²) in [7, 11) is 0. The third-order valence-electron chi connectivity index (χ3n) is 4.14. The summed E-state index contributed by atoms with van der Waals surface area (Å²) in [5.74, 6) is 0.313. The molecule has 22 heavy (non-hydrogen) atoms. The lowest BCUT2D eigenvalue weighted by Gasteiger charge is -2.19. The molecule has 120 valence electrons. The standard InChI is InChI=1S/C19H28N2O/c1-6-17-9-7-8-10-18(17)11-13(2)15(4)21-12-19(20)14(3)16(5)22/h7-10,13,21H,4,6,11-12,20H2,1-3,5H3/b19-14-. The lowest BCUT2D eigenvalue weighted by molar-refractivity contribution is -0.113. The van der Waals surface area contributed by atoms with Crippen molar-refractivity contribution in [2.75, 3.05) is 6.54 Å². The number of carbonyl (C=O) groups excluding carboxylic acids is 1. The van der Waals surface area contributed by atoms with Gasteiger partial charge in [0.25, 0.3) is 0 Å². The van der Waals surface area contributed by atoms with E-state index in [1.165, 1.54) is 18.1 Å². The van der Waals surface area contributed by atoms with E-state index in [1.54, 1.807) is 6.92 Å². The molecule has 3 nitrogen and oxygen atoms in total. The smallest absolute Gasteiger partial charge is 0.157 e. The Morgan fingerprint density at radius 2 is 1.86 bits per heavy atom. The van der Waals surface area contributed by atoms with Crippen LogP contribution in [0.1, 0.15) is 38.8 Å². The van der Waals surface area contributed by atoms with Crippen LogP contribution in [0.2, 0.25) is 0 Å². The molecule has 1 aromatic rings. The van der Waals surface area contributed by atoms with Gasteiger partial charge < -0.3 is 11.1 Å². The van der Waals surface area contributed by atoms with Gasteiger partial charge in [-0.15, -0.1) is 0 Å². The van der Waals surface area contributed by atoms with Gasteiger partial charge in [0.1, 0.15) is 0 Å². The largest absolute Gasteiger partial charge is 0.400 e. The van der Waals surface area contributed by atoms with Gasteiger partial charge in [-0.1, -0.05) is 44.7 Å². The fourth-order valence-corrected chi connectivity index (χ4v) is 2.30. The minimum atomic E-state index is 0.00911. The van der Waals surface area contributed by atoms with Gasteiger partial charge in [0.05, 0.1) is 6.54 Å². The summed E-state index contributed by atoms with van der Waals surface area (Å²) in [6.45, 7) is 12.2. The first-order valence-corrected chi connectivity index (χ1v) is 7.82. The van der Waals surface area contributed by atoms with Crippen LogP contribution >= 0.6 is 0 Å². The van der Waals surface area contributed by atoms with Crippen LogP contribution in [-0.2, 0) is 17.6 Å². The maximum Gasteiger partial charge on any atom is 0.157 e. The van der Waals surface area contributed by atoms with Crippen molar-refractivity contribution >= 4 is 5.78 Å². The molecule has 0 heterocycles. The summed E-state index contributed by atoms with van der Waals surface area (Å²) in [6, 6.07) is 8.51. The minimum absolute atomic E-state index is 0.00911. The highest BCUT2D eigenvalue weighted by atomic mass is 16.1. The summed E-state index contributed by atoms with van der Waals surface area (Å²) in [4.78, 5) is 11.3. The average molecular weight is 300 g/mol. The Morgan fingerprint density at radius 1 is 1.27 bits per heavy atom. The number of rotatable bonds is 8. The lowest BCUT2D eigenvalue weighted by Crippen LogP contribution is -2.26. The second-order valence-electron chi connectivity index (χ2n) is 5.81. The Kier molecular flexibility index (Phi) is 6.90. The molecule has 0 fully saturated rings. The summed E-state index contributed by atoms with van der Waals surface area (Å²) in [5.41, 5.74) is 10.8.